The second-order valence-electron chi connectivity index (χ2n) is 25.3. The zero-order chi connectivity index (χ0) is 68.7. The minimum absolute atomic E-state index is 0.271. The molecule has 103 heavy (non-hydrogen) atoms. The summed E-state index contributed by atoms with van der Waals surface area (Å²) in [7, 11) is 0. The van der Waals surface area contributed by atoms with Crippen LogP contribution in [-0.2, 0) is 0 Å². The highest BCUT2D eigenvalue weighted by Crippen LogP contribution is 2.43. The Hall–Kier alpha value is -14.0. The van der Waals surface area contributed by atoms with Crippen LogP contribution in [0, 0.1) is 17.5 Å². The average molecular weight is 1330 g/mol. The van der Waals surface area contributed by atoms with Gasteiger partial charge in [-0.05, 0) is 95.6 Å². The van der Waals surface area contributed by atoms with Crippen LogP contribution in [0.3, 0.4) is 0 Å². The minimum Gasteiger partial charge on any atom is -0.306 e. The summed E-state index contributed by atoms with van der Waals surface area (Å²) in [6.45, 7) is 0. The van der Waals surface area contributed by atoms with Crippen LogP contribution in [-0.4, -0.2) is 53.2 Å². The molecule has 20 rings (SSSR count). The molecule has 14 heteroatoms. The topological polar surface area (TPSA) is 110 Å². The predicted molar refractivity (Wildman–Crippen MR) is 407 cm³/mol. The van der Waals surface area contributed by atoms with Gasteiger partial charge in [-0.25, -0.2) is 23.1 Å². The number of pyridine rings is 1. The smallest absolute Gasteiger partial charge is 0.238 e. The third-order valence-corrected chi connectivity index (χ3v) is 19.3. The van der Waals surface area contributed by atoms with Crippen molar-refractivity contribution in [2.45, 2.75) is 0 Å². The first-order valence-electron chi connectivity index (χ1n) is 33.8. The summed E-state index contributed by atoms with van der Waals surface area (Å²) in [5.74, 6) is 1.61. The molecule has 0 bridgehead atoms. The Balaban J connectivity index is 0.000000145. The molecule has 0 atom stereocenters. The lowest BCUT2D eigenvalue weighted by Crippen LogP contribution is -2.06. The Morgan fingerprint density at radius 3 is 0.932 bits per heavy atom. The van der Waals surface area contributed by atoms with Crippen LogP contribution in [0.2, 0.25) is 0 Å². The molecule has 0 aliphatic carbocycles. The first kappa shape index (κ1) is 60.2. The molecule has 0 unspecified atom stereocenters. The third-order valence-electron chi connectivity index (χ3n) is 19.3. The van der Waals surface area contributed by atoms with E-state index in [0.717, 1.165) is 138 Å². The Kier molecular flexibility index (Phi) is 14.5. The first-order valence-corrected chi connectivity index (χ1v) is 33.8. The number of nitrogens with zero attached hydrogens (tertiary/aromatic N) is 11. The maximum absolute atomic E-state index is 16.4. The highest BCUT2D eigenvalue weighted by Gasteiger charge is 2.25. The SMILES string of the molecule is Fc1cc(-c2cccnc2)ccc1-n1c2ccccc2c2cc3c4ccccc4n(-c4nc(-c5ccccc5)nc(-c5ccc(-c6ccccc6)cc5)n4)c3cc21.Fc1ccc(-n2c3ccccc3c3cc4c5ccccc5n(-c5nc(-c6ccccc6)nc(-c6ccccc6)n5)c4cc32)c(F)c1. The second kappa shape index (κ2) is 24.8. The molecule has 0 aliphatic heterocycles. The van der Waals surface area contributed by atoms with Crippen LogP contribution in [0.5, 0.6) is 0 Å². The van der Waals surface area contributed by atoms with Crippen LogP contribution < -0.4 is 0 Å². The Bertz CT molecular complexity index is 6640. The van der Waals surface area contributed by atoms with Crippen molar-refractivity contribution in [1.29, 1.82) is 0 Å². The lowest BCUT2D eigenvalue weighted by molar-refractivity contribution is 0.579. The molecule has 20 aromatic rings. The van der Waals surface area contributed by atoms with E-state index >= 15 is 8.78 Å². The Morgan fingerprint density at radius 2 is 0.534 bits per heavy atom. The first-order chi connectivity index (χ1) is 50.8. The highest BCUT2D eigenvalue weighted by atomic mass is 19.1. The van der Waals surface area contributed by atoms with Gasteiger partial charge in [0, 0.05) is 89.4 Å². The van der Waals surface area contributed by atoms with E-state index in [1.807, 2.05) is 208 Å². The van der Waals surface area contributed by atoms with Gasteiger partial charge in [0.2, 0.25) is 11.9 Å². The van der Waals surface area contributed by atoms with Gasteiger partial charge in [0.05, 0.1) is 55.5 Å². The van der Waals surface area contributed by atoms with Crippen molar-refractivity contribution >= 4 is 87.2 Å². The van der Waals surface area contributed by atoms with E-state index in [1.165, 1.54) is 12.1 Å². The Labute approximate surface area is 586 Å². The molecule has 0 aliphatic rings. The number of hydrogen-bond acceptors (Lipinski definition) is 7. The summed E-state index contributed by atoms with van der Waals surface area (Å²) in [5.41, 5.74) is 15.1. The number of benzene rings is 13. The van der Waals surface area contributed by atoms with Crippen molar-refractivity contribution in [2.75, 3.05) is 0 Å². The molecule has 0 N–H and O–H groups in total. The van der Waals surface area contributed by atoms with E-state index in [1.54, 1.807) is 18.5 Å². The molecule has 0 saturated heterocycles. The van der Waals surface area contributed by atoms with Crippen molar-refractivity contribution in [3.8, 4) is 91.1 Å². The van der Waals surface area contributed by atoms with Gasteiger partial charge >= 0.3 is 0 Å². The minimum atomic E-state index is -0.638. The molecular formula is C89H54F3N11. The highest BCUT2D eigenvalue weighted by molar-refractivity contribution is 6.21. The van der Waals surface area contributed by atoms with Crippen molar-refractivity contribution in [3.63, 3.8) is 0 Å². The summed E-state index contributed by atoms with van der Waals surface area (Å²) >= 11 is 0. The van der Waals surface area contributed by atoms with Crippen LogP contribution in [0.4, 0.5) is 13.2 Å². The number of halogens is 3. The number of para-hydroxylation sites is 4. The van der Waals surface area contributed by atoms with Crippen LogP contribution in [0.15, 0.2) is 328 Å². The number of hydrogen-bond donors (Lipinski definition) is 0. The zero-order valence-electron chi connectivity index (χ0n) is 54.7. The van der Waals surface area contributed by atoms with Crippen LogP contribution >= 0.6 is 0 Å². The van der Waals surface area contributed by atoms with E-state index in [-0.39, 0.29) is 11.5 Å². The molecule has 7 aromatic heterocycles. The molecule has 0 fully saturated rings. The predicted octanol–water partition coefficient (Wildman–Crippen LogP) is 21.9. The molecule has 11 nitrogen and oxygen atoms in total. The Morgan fingerprint density at radius 1 is 0.214 bits per heavy atom. The largest absolute Gasteiger partial charge is 0.306 e. The maximum Gasteiger partial charge on any atom is 0.238 e. The molecule has 7 heterocycles. The summed E-state index contributed by atoms with van der Waals surface area (Å²) in [5, 5.41) is 8.14. The fourth-order valence-corrected chi connectivity index (χ4v) is 14.5. The number of fused-ring (bicyclic) bond motifs is 12. The molecule has 486 valence electrons. The van der Waals surface area contributed by atoms with E-state index in [9.17, 15) is 4.39 Å². The third kappa shape index (κ3) is 10.4. The van der Waals surface area contributed by atoms with E-state index in [0.29, 0.717) is 40.9 Å². The maximum atomic E-state index is 16.4. The van der Waals surface area contributed by atoms with Crippen molar-refractivity contribution in [2.24, 2.45) is 0 Å². The fraction of sp³-hybridized carbons (Fsp3) is 0. The fourth-order valence-electron chi connectivity index (χ4n) is 14.5. The summed E-state index contributed by atoms with van der Waals surface area (Å²) < 4.78 is 53.9. The van der Waals surface area contributed by atoms with Gasteiger partial charge in [0.25, 0.3) is 0 Å². The van der Waals surface area contributed by atoms with Gasteiger partial charge in [-0.15, -0.1) is 0 Å². The van der Waals surface area contributed by atoms with Crippen molar-refractivity contribution < 1.29 is 13.2 Å². The van der Waals surface area contributed by atoms with E-state index in [2.05, 4.69) is 107 Å². The van der Waals surface area contributed by atoms with Gasteiger partial charge in [-0.1, -0.05) is 231 Å². The van der Waals surface area contributed by atoms with Crippen LogP contribution in [0.1, 0.15) is 0 Å². The van der Waals surface area contributed by atoms with Gasteiger partial charge in [0.1, 0.15) is 17.5 Å². The van der Waals surface area contributed by atoms with Crippen molar-refractivity contribution in [3.05, 3.63) is 345 Å². The standard InChI is InChI=1S/C50H31FN6.C39H23F2N5/c51-42-28-36(37-16-11-27-52-31-37)25-26-45(42)56-43-19-9-7-17-38(43)40-29-41-39-18-8-10-20-44(39)57(47(41)30-46(40)56)50-54-48(34-14-5-2-6-15-34)53-49(55-50)35-23-21-33(22-24-35)32-12-3-1-4-13-32;40-26-19-20-34(31(41)21-26)45-32-17-9-7-15-27(32)29-22-30-28-16-8-10-18-33(28)46(36(30)23-35(29)45)39-43-37(24-11-3-1-4-12-24)42-38(44-39)25-13-5-2-6-14-25/h1-31H;1-23H. The average Bonchev–Trinajstić information content (AvgIpc) is 1.56. The lowest BCUT2D eigenvalue weighted by atomic mass is 10.0. The number of aromatic nitrogens is 11. The molecular weight excluding hydrogens is 1280 g/mol. The zero-order valence-corrected chi connectivity index (χ0v) is 54.7. The van der Waals surface area contributed by atoms with Gasteiger partial charge in [0.15, 0.2) is 23.3 Å². The van der Waals surface area contributed by atoms with E-state index < -0.39 is 11.6 Å². The summed E-state index contributed by atoms with van der Waals surface area (Å²) in [4.78, 5) is 34.6. The summed E-state index contributed by atoms with van der Waals surface area (Å²) in [6, 6.07) is 102. The number of rotatable bonds is 10. The van der Waals surface area contributed by atoms with E-state index in [4.69, 9.17) is 29.9 Å². The van der Waals surface area contributed by atoms with Crippen LogP contribution in [0.25, 0.3) is 178 Å². The van der Waals surface area contributed by atoms with Crippen molar-refractivity contribution in [1.82, 2.24) is 53.2 Å². The van der Waals surface area contributed by atoms with Gasteiger partial charge in [-0.2, -0.15) is 19.9 Å². The molecule has 13 aromatic carbocycles. The monoisotopic (exact) mass is 1330 g/mol. The molecule has 0 amide bonds. The van der Waals surface area contributed by atoms with Gasteiger partial charge < -0.3 is 9.13 Å². The second-order valence-corrected chi connectivity index (χ2v) is 25.3. The van der Waals surface area contributed by atoms with Gasteiger partial charge in [-0.3, -0.25) is 14.1 Å². The normalized spacial score (nSPS) is 11.6. The summed E-state index contributed by atoms with van der Waals surface area (Å²) in [6.07, 6.45) is 3.47. The lowest BCUT2D eigenvalue weighted by Gasteiger charge is -2.12. The quantitative estimate of drug-likeness (QED) is 0.134. The molecule has 0 radical (unpaired) electrons. The molecule has 0 saturated carbocycles. The molecule has 0 spiro atoms.